The molecule has 0 aliphatic heterocycles. The van der Waals surface area contributed by atoms with E-state index in [0.717, 1.165) is 11.4 Å². The van der Waals surface area contributed by atoms with Gasteiger partial charge in [0.2, 0.25) is 0 Å². The fourth-order valence-corrected chi connectivity index (χ4v) is 1.95. The van der Waals surface area contributed by atoms with Gasteiger partial charge >= 0.3 is 0 Å². The molecule has 1 nitrogen and oxygen atoms in total. The minimum Gasteiger partial charge on any atom is -0.248 e. The Morgan fingerprint density at radius 2 is 1.29 bits per heavy atom. The molecule has 3 rings (SSSR count). The summed E-state index contributed by atoms with van der Waals surface area (Å²) in [7, 11) is 0. The van der Waals surface area contributed by atoms with Crippen LogP contribution in [0.15, 0.2) is 72.8 Å². The SMILES string of the molecule is c1ccc([N]c2cccc3ccccc23)cc1. The molecule has 1 radical (unpaired) electrons. The van der Waals surface area contributed by atoms with Crippen LogP contribution in [0.1, 0.15) is 0 Å². The highest BCUT2D eigenvalue weighted by molar-refractivity contribution is 5.92. The summed E-state index contributed by atoms with van der Waals surface area (Å²) in [5, 5.41) is 7.09. The van der Waals surface area contributed by atoms with Crippen LogP contribution in [0.4, 0.5) is 11.4 Å². The van der Waals surface area contributed by atoms with Crippen LogP contribution < -0.4 is 5.32 Å². The second-order valence-corrected chi connectivity index (χ2v) is 3.95. The number of hydrogen-bond donors (Lipinski definition) is 0. The van der Waals surface area contributed by atoms with Gasteiger partial charge in [-0.05, 0) is 23.6 Å². The zero-order chi connectivity index (χ0) is 11.5. The lowest BCUT2D eigenvalue weighted by Gasteiger charge is -2.06. The molecule has 3 aromatic carbocycles. The predicted molar refractivity (Wildman–Crippen MR) is 71.8 cm³/mol. The van der Waals surface area contributed by atoms with Crippen molar-refractivity contribution >= 4 is 22.1 Å². The largest absolute Gasteiger partial charge is 0.248 e. The molecule has 0 saturated heterocycles. The normalized spacial score (nSPS) is 10.4. The minimum absolute atomic E-state index is 0.990. The van der Waals surface area contributed by atoms with Crippen LogP contribution in [0.5, 0.6) is 0 Å². The van der Waals surface area contributed by atoms with Gasteiger partial charge in [0.15, 0.2) is 0 Å². The first-order valence-electron chi connectivity index (χ1n) is 5.68. The molecule has 0 aliphatic rings. The fourth-order valence-electron chi connectivity index (χ4n) is 1.95. The smallest absolute Gasteiger partial charge is 0.0715 e. The van der Waals surface area contributed by atoms with Crippen molar-refractivity contribution in [3.63, 3.8) is 0 Å². The molecule has 0 N–H and O–H groups in total. The first kappa shape index (κ1) is 9.91. The average Bonchev–Trinajstić information content (AvgIpc) is 2.40. The third kappa shape index (κ3) is 2.00. The molecule has 3 aromatic rings. The van der Waals surface area contributed by atoms with E-state index in [9.17, 15) is 0 Å². The summed E-state index contributed by atoms with van der Waals surface area (Å²) >= 11 is 0. The summed E-state index contributed by atoms with van der Waals surface area (Å²) in [6.45, 7) is 0. The number of hydrogen-bond acceptors (Lipinski definition) is 0. The summed E-state index contributed by atoms with van der Waals surface area (Å²) < 4.78 is 0. The van der Waals surface area contributed by atoms with Gasteiger partial charge in [0.25, 0.3) is 0 Å². The lowest BCUT2D eigenvalue weighted by molar-refractivity contribution is 1.20. The van der Waals surface area contributed by atoms with Gasteiger partial charge in [-0.25, -0.2) is 5.32 Å². The molecule has 0 aliphatic carbocycles. The van der Waals surface area contributed by atoms with Crippen LogP contribution >= 0.6 is 0 Å². The molecular weight excluding hydrogens is 206 g/mol. The summed E-state index contributed by atoms with van der Waals surface area (Å²) in [6.07, 6.45) is 0. The van der Waals surface area contributed by atoms with Crippen LogP contribution in [0, 0.1) is 0 Å². The van der Waals surface area contributed by atoms with Crippen molar-refractivity contribution in [1.82, 2.24) is 5.32 Å². The van der Waals surface area contributed by atoms with Gasteiger partial charge in [-0.15, -0.1) is 0 Å². The molecule has 0 bridgehead atoms. The Kier molecular flexibility index (Phi) is 2.51. The van der Waals surface area contributed by atoms with Crippen molar-refractivity contribution in [3.05, 3.63) is 72.8 Å². The highest BCUT2D eigenvalue weighted by atomic mass is 14.9. The Morgan fingerprint density at radius 3 is 2.18 bits per heavy atom. The molecular formula is C16H12N. The Morgan fingerprint density at radius 1 is 0.588 bits per heavy atom. The molecule has 0 heterocycles. The van der Waals surface area contributed by atoms with Crippen molar-refractivity contribution in [2.45, 2.75) is 0 Å². The summed E-state index contributed by atoms with van der Waals surface area (Å²) in [5.74, 6) is 0. The second kappa shape index (κ2) is 4.30. The maximum atomic E-state index is 4.67. The number of benzene rings is 3. The number of nitrogens with zero attached hydrogens (tertiary/aromatic N) is 1. The Hall–Kier alpha value is -2.28. The van der Waals surface area contributed by atoms with Gasteiger partial charge < -0.3 is 0 Å². The molecule has 0 aromatic heterocycles. The molecule has 81 valence electrons. The summed E-state index contributed by atoms with van der Waals surface area (Å²) in [4.78, 5) is 0. The van der Waals surface area contributed by atoms with Gasteiger partial charge in [-0.3, -0.25) is 0 Å². The van der Waals surface area contributed by atoms with Crippen molar-refractivity contribution < 1.29 is 0 Å². The summed E-state index contributed by atoms with van der Waals surface area (Å²) in [6, 6.07) is 24.6. The minimum atomic E-state index is 0.990. The van der Waals surface area contributed by atoms with Crippen LogP contribution in [0.3, 0.4) is 0 Å². The second-order valence-electron chi connectivity index (χ2n) is 3.95. The first-order valence-corrected chi connectivity index (χ1v) is 5.68. The van der Waals surface area contributed by atoms with Gasteiger partial charge in [0.1, 0.15) is 0 Å². The van der Waals surface area contributed by atoms with E-state index < -0.39 is 0 Å². The number of rotatable bonds is 2. The molecule has 1 heteroatoms. The molecule has 0 atom stereocenters. The van der Waals surface area contributed by atoms with Gasteiger partial charge in [0.05, 0.1) is 11.4 Å². The van der Waals surface area contributed by atoms with Gasteiger partial charge in [-0.2, -0.15) is 0 Å². The zero-order valence-electron chi connectivity index (χ0n) is 9.38. The van der Waals surface area contributed by atoms with Crippen molar-refractivity contribution in [2.24, 2.45) is 0 Å². The molecule has 0 fully saturated rings. The third-order valence-corrected chi connectivity index (χ3v) is 2.77. The van der Waals surface area contributed by atoms with E-state index in [0.29, 0.717) is 0 Å². The van der Waals surface area contributed by atoms with Crippen molar-refractivity contribution in [3.8, 4) is 0 Å². The molecule has 0 amide bonds. The first-order chi connectivity index (χ1) is 8.43. The molecule has 17 heavy (non-hydrogen) atoms. The Balaban J connectivity index is 2.06. The van der Waals surface area contributed by atoms with Crippen molar-refractivity contribution in [2.75, 3.05) is 0 Å². The van der Waals surface area contributed by atoms with Crippen LogP contribution in [0.25, 0.3) is 10.8 Å². The van der Waals surface area contributed by atoms with Gasteiger partial charge in [0, 0.05) is 5.39 Å². The lowest BCUT2D eigenvalue weighted by atomic mass is 10.1. The lowest BCUT2D eigenvalue weighted by Crippen LogP contribution is -1.89. The summed E-state index contributed by atoms with van der Waals surface area (Å²) in [5.41, 5.74) is 2.01. The number of para-hydroxylation sites is 1. The maximum absolute atomic E-state index is 4.67. The van der Waals surface area contributed by atoms with E-state index >= 15 is 0 Å². The Labute approximate surface area is 101 Å². The Bertz CT molecular complexity index is 624. The van der Waals surface area contributed by atoms with Crippen LogP contribution in [-0.4, -0.2) is 0 Å². The third-order valence-electron chi connectivity index (χ3n) is 2.77. The van der Waals surface area contributed by atoms with E-state index in [4.69, 9.17) is 0 Å². The quantitative estimate of drug-likeness (QED) is 0.605. The molecule has 0 spiro atoms. The van der Waals surface area contributed by atoms with E-state index in [1.807, 2.05) is 42.5 Å². The highest BCUT2D eigenvalue weighted by Gasteiger charge is 2.01. The van der Waals surface area contributed by atoms with Gasteiger partial charge in [-0.1, -0.05) is 54.6 Å². The topological polar surface area (TPSA) is 14.1 Å². The molecule has 0 saturated carbocycles. The molecule has 0 unspecified atom stereocenters. The van der Waals surface area contributed by atoms with E-state index in [2.05, 4.69) is 35.6 Å². The predicted octanol–water partition coefficient (Wildman–Crippen LogP) is 4.41. The highest BCUT2D eigenvalue weighted by Crippen LogP contribution is 2.26. The number of fused-ring (bicyclic) bond motifs is 1. The van der Waals surface area contributed by atoms with E-state index in [1.54, 1.807) is 0 Å². The fraction of sp³-hybridized carbons (Fsp3) is 0. The standard InChI is InChI=1S/C16H12N/c1-2-9-14(10-3-1)17-16-12-6-8-13-7-4-5-11-15(13)16/h1-12H. The van der Waals surface area contributed by atoms with Crippen LogP contribution in [0.2, 0.25) is 0 Å². The van der Waals surface area contributed by atoms with Crippen molar-refractivity contribution in [1.29, 1.82) is 0 Å². The van der Waals surface area contributed by atoms with E-state index in [-0.39, 0.29) is 0 Å². The maximum Gasteiger partial charge on any atom is 0.0715 e. The van der Waals surface area contributed by atoms with E-state index in [1.165, 1.54) is 10.8 Å². The monoisotopic (exact) mass is 218 g/mol. The van der Waals surface area contributed by atoms with Crippen LogP contribution in [-0.2, 0) is 0 Å². The average molecular weight is 218 g/mol. The zero-order valence-corrected chi connectivity index (χ0v) is 9.38.